The molecule has 0 radical (unpaired) electrons. The number of para-hydroxylation sites is 2. The first-order chi connectivity index (χ1) is 36.2. The van der Waals surface area contributed by atoms with Gasteiger partial charge in [0, 0.05) is 39.4 Å². The van der Waals surface area contributed by atoms with Gasteiger partial charge in [0.2, 0.25) is 5.71 Å². The number of rotatable bonds is 8. The van der Waals surface area contributed by atoms with E-state index in [2.05, 4.69) is 221 Å². The number of hydrogen-bond donors (Lipinski definition) is 0. The van der Waals surface area contributed by atoms with E-state index in [0.717, 1.165) is 83.9 Å². The van der Waals surface area contributed by atoms with Crippen molar-refractivity contribution >= 4 is 33.0 Å². The molecule has 8 heteroatoms. The maximum atomic E-state index is 6.29. The molecule has 0 N–H and O–H groups in total. The van der Waals surface area contributed by atoms with Gasteiger partial charge in [0.05, 0.1) is 5.58 Å². The standard InChI is InChI=1S/C43H42N5O.C26H25N.Ir/c1-24-20-30(28-15-17-29(18-16-28)38-46-40(42(5,6)7)48-41(47-38)43(8,9)10)21-25(2)36(24)34-22-35(44-23-26(34)3)33-13-11-12-31-32-19-14-27(4)45-39(32)49-37(31)33;1-18(2)22-14-10-15-23(19(3)4)26(22)27-24-16-9-8-13-21(24)17-25(27)20-11-6-5-7-12-20;/h11-12,14-23H,1-10H3;5-11,13-16,18-19H,1-4H3;/q-1;-2;+3. The summed E-state index contributed by atoms with van der Waals surface area (Å²) < 4.78 is 8.69. The molecular weight excluding hydrogens is 1120 g/mol. The Hall–Kier alpha value is -7.38. The summed E-state index contributed by atoms with van der Waals surface area (Å²) in [5.41, 5.74) is 20.2. The zero-order valence-corrected chi connectivity index (χ0v) is 49.3. The van der Waals surface area contributed by atoms with Gasteiger partial charge >= 0.3 is 20.1 Å². The number of furan rings is 1. The van der Waals surface area contributed by atoms with E-state index in [-0.39, 0.29) is 30.9 Å². The molecule has 0 saturated heterocycles. The topological polar surface area (TPSA) is 82.5 Å². The second-order valence-electron chi connectivity index (χ2n) is 23.0. The van der Waals surface area contributed by atoms with Crippen molar-refractivity contribution in [3.8, 4) is 61.8 Å². The summed E-state index contributed by atoms with van der Waals surface area (Å²) in [6, 6.07) is 57.2. The third-order valence-corrected chi connectivity index (χ3v) is 14.2. The van der Waals surface area contributed by atoms with Gasteiger partial charge in [-0.1, -0.05) is 153 Å². The molecule has 0 unspecified atom stereocenters. The van der Waals surface area contributed by atoms with Crippen molar-refractivity contribution in [2.45, 2.75) is 120 Å². The van der Waals surface area contributed by atoms with E-state index < -0.39 is 0 Å². The van der Waals surface area contributed by atoms with Gasteiger partial charge in [0.25, 0.3) is 0 Å². The van der Waals surface area contributed by atoms with E-state index in [0.29, 0.717) is 23.4 Å². The molecule has 0 atom stereocenters. The first kappa shape index (κ1) is 54.4. The minimum Gasteiger partial charge on any atom is -0.486 e. The van der Waals surface area contributed by atoms with Crippen LogP contribution in [0.3, 0.4) is 0 Å². The predicted octanol–water partition coefficient (Wildman–Crippen LogP) is 18.0. The van der Waals surface area contributed by atoms with Gasteiger partial charge < -0.3 is 14.0 Å². The Balaban J connectivity index is 0.000000218. The van der Waals surface area contributed by atoms with Gasteiger partial charge in [-0.05, 0) is 113 Å². The maximum absolute atomic E-state index is 6.29. The normalized spacial score (nSPS) is 11.9. The second kappa shape index (κ2) is 21.6. The SMILES string of the molecule is CC(C)c1cccc(C(C)C)c1-n1c(-c2[c-]cccc2)[c-]c2ccccc21.Cc1ccc2c(n1)oc1c(-c3cc(-c4c(C)cc(-c5ccc(-c6nc(C(C)(C)C)nc(C(C)(C)C)n6)cc5)cc4C)c(C)cn3)[c-]ccc12.[Ir+3]. The van der Waals surface area contributed by atoms with Crippen LogP contribution in [0.4, 0.5) is 0 Å². The zero-order valence-electron chi connectivity index (χ0n) is 46.9. The minimum absolute atomic E-state index is 0. The van der Waals surface area contributed by atoms with E-state index in [1.165, 1.54) is 44.6 Å². The minimum atomic E-state index is -0.182. The summed E-state index contributed by atoms with van der Waals surface area (Å²) in [5, 5.41) is 3.15. The molecule has 11 aromatic rings. The second-order valence-corrected chi connectivity index (χ2v) is 23.0. The Kier molecular flexibility index (Phi) is 15.2. The summed E-state index contributed by atoms with van der Waals surface area (Å²) >= 11 is 0. The van der Waals surface area contributed by atoms with E-state index in [9.17, 15) is 0 Å². The predicted molar refractivity (Wildman–Crippen MR) is 314 cm³/mol. The zero-order chi connectivity index (χ0) is 53.8. The molecule has 7 nitrogen and oxygen atoms in total. The van der Waals surface area contributed by atoms with Crippen LogP contribution in [0, 0.1) is 45.9 Å². The number of benzene rings is 6. The van der Waals surface area contributed by atoms with Crippen LogP contribution in [0.2, 0.25) is 0 Å². The van der Waals surface area contributed by atoms with Gasteiger partial charge in [0.1, 0.15) is 11.6 Å². The van der Waals surface area contributed by atoms with Gasteiger partial charge in [-0.15, -0.1) is 47.5 Å². The van der Waals surface area contributed by atoms with Crippen LogP contribution >= 0.6 is 0 Å². The largest absolute Gasteiger partial charge is 3.00 e. The Morgan fingerprint density at radius 3 is 1.83 bits per heavy atom. The average Bonchev–Trinajstić information content (AvgIpc) is 3.97. The fraction of sp³-hybridized carbons (Fsp3) is 0.261. The molecule has 0 saturated carbocycles. The van der Waals surface area contributed by atoms with Crippen molar-refractivity contribution in [2.24, 2.45) is 0 Å². The van der Waals surface area contributed by atoms with Crippen molar-refractivity contribution < 1.29 is 24.5 Å². The van der Waals surface area contributed by atoms with Crippen molar-refractivity contribution in [1.29, 1.82) is 0 Å². The molecule has 0 fully saturated rings. The fourth-order valence-corrected chi connectivity index (χ4v) is 10.2. The Bertz CT molecular complexity index is 3860. The molecule has 5 heterocycles. The number of nitrogens with zero attached hydrogens (tertiary/aromatic N) is 6. The summed E-state index contributed by atoms with van der Waals surface area (Å²) in [6.07, 6.45) is 1.95. The molecule has 0 amide bonds. The smallest absolute Gasteiger partial charge is 0.486 e. The number of pyridine rings is 2. The van der Waals surface area contributed by atoms with Crippen molar-refractivity contribution in [3.63, 3.8) is 0 Å². The van der Waals surface area contributed by atoms with Crippen LogP contribution in [-0.4, -0.2) is 29.5 Å². The molecule has 0 bridgehead atoms. The van der Waals surface area contributed by atoms with Crippen LogP contribution in [0.5, 0.6) is 0 Å². The Morgan fingerprint density at radius 1 is 0.571 bits per heavy atom. The monoisotopic (exact) mass is 1190 g/mol. The molecule has 388 valence electrons. The number of hydrogen-bond acceptors (Lipinski definition) is 6. The summed E-state index contributed by atoms with van der Waals surface area (Å²) in [6.45, 7) is 30.4. The van der Waals surface area contributed by atoms with Gasteiger partial charge in [-0.2, -0.15) is 30.3 Å². The molecule has 77 heavy (non-hydrogen) atoms. The summed E-state index contributed by atoms with van der Waals surface area (Å²) in [5.74, 6) is 3.20. The first-order valence-electron chi connectivity index (χ1n) is 26.5. The molecule has 0 aliphatic carbocycles. The van der Waals surface area contributed by atoms with Crippen LogP contribution in [0.1, 0.15) is 126 Å². The third-order valence-electron chi connectivity index (χ3n) is 14.2. The first-order valence-corrected chi connectivity index (χ1v) is 26.5. The van der Waals surface area contributed by atoms with Crippen LogP contribution < -0.4 is 0 Å². The van der Waals surface area contributed by atoms with Crippen molar-refractivity contribution in [3.05, 3.63) is 203 Å². The van der Waals surface area contributed by atoms with Crippen LogP contribution in [0.15, 0.2) is 144 Å². The third kappa shape index (κ3) is 10.8. The Labute approximate surface area is 468 Å². The molecule has 0 aliphatic rings. The number of fused-ring (bicyclic) bond motifs is 4. The Morgan fingerprint density at radius 2 is 1.21 bits per heavy atom. The molecule has 11 rings (SSSR count). The van der Waals surface area contributed by atoms with Gasteiger partial charge in [-0.3, -0.25) is 0 Å². The van der Waals surface area contributed by atoms with Crippen molar-refractivity contribution in [2.75, 3.05) is 0 Å². The van der Waals surface area contributed by atoms with E-state index in [1.54, 1.807) is 0 Å². The maximum Gasteiger partial charge on any atom is 3.00 e. The van der Waals surface area contributed by atoms with Gasteiger partial charge in [-0.25, -0.2) is 25.5 Å². The molecule has 5 aromatic heterocycles. The fourth-order valence-electron chi connectivity index (χ4n) is 10.2. The molecule has 6 aromatic carbocycles. The molecular formula is C69H67IrN6O. The van der Waals surface area contributed by atoms with Crippen molar-refractivity contribution in [1.82, 2.24) is 29.5 Å². The van der Waals surface area contributed by atoms with Crippen LogP contribution in [-0.2, 0) is 30.9 Å². The van der Waals surface area contributed by atoms with Crippen LogP contribution in [0.25, 0.3) is 94.8 Å². The van der Waals surface area contributed by atoms with Gasteiger partial charge in [0.15, 0.2) is 5.82 Å². The van der Waals surface area contributed by atoms with E-state index >= 15 is 0 Å². The number of aryl methyl sites for hydroxylation is 4. The molecule has 0 aliphatic heterocycles. The summed E-state index contributed by atoms with van der Waals surface area (Å²) in [4.78, 5) is 24.1. The summed E-state index contributed by atoms with van der Waals surface area (Å²) in [7, 11) is 0. The quantitative estimate of drug-likeness (QED) is 0.141. The number of aromatic nitrogens is 6. The average molecular weight is 1190 g/mol. The van der Waals surface area contributed by atoms with E-state index in [4.69, 9.17) is 24.4 Å². The van der Waals surface area contributed by atoms with E-state index in [1.807, 2.05) is 43.5 Å². The molecule has 0 spiro atoms.